The molecule has 24 heavy (non-hydrogen) atoms. The molecule has 1 saturated heterocycles. The summed E-state index contributed by atoms with van der Waals surface area (Å²) in [6.07, 6.45) is 6.61. The predicted octanol–water partition coefficient (Wildman–Crippen LogP) is 3.46. The highest BCUT2D eigenvalue weighted by molar-refractivity contribution is 5.34. The third-order valence-corrected chi connectivity index (χ3v) is 8.20. The Morgan fingerprint density at radius 2 is 1.96 bits per heavy atom. The minimum absolute atomic E-state index is 0.0572. The van der Waals surface area contributed by atoms with Gasteiger partial charge in [0.05, 0.1) is 24.4 Å². The molecule has 0 aromatic carbocycles. The van der Waals surface area contributed by atoms with E-state index in [2.05, 4.69) is 46.8 Å². The maximum Gasteiger partial charge on any atom is 0.0809 e. The van der Waals surface area contributed by atoms with Crippen LogP contribution in [0, 0.1) is 28.6 Å². The van der Waals surface area contributed by atoms with Gasteiger partial charge in [-0.2, -0.15) is 0 Å². The number of hydrogen-bond acceptors (Lipinski definition) is 3. The van der Waals surface area contributed by atoms with Crippen molar-refractivity contribution in [1.29, 1.82) is 0 Å². The van der Waals surface area contributed by atoms with Crippen LogP contribution in [0.5, 0.6) is 0 Å². The van der Waals surface area contributed by atoms with Crippen molar-refractivity contribution in [3.05, 3.63) is 23.3 Å². The van der Waals surface area contributed by atoms with Crippen molar-refractivity contribution >= 4 is 0 Å². The van der Waals surface area contributed by atoms with Crippen LogP contribution in [-0.4, -0.2) is 34.6 Å². The third-order valence-electron chi connectivity index (χ3n) is 8.20. The van der Waals surface area contributed by atoms with Gasteiger partial charge in [-0.15, -0.1) is 0 Å². The molecular weight excluding hydrogens is 300 g/mol. The highest BCUT2D eigenvalue weighted by atomic mass is 16.5. The van der Waals surface area contributed by atoms with Gasteiger partial charge < -0.3 is 14.9 Å². The molecule has 3 unspecified atom stereocenters. The molecule has 0 spiro atoms. The topological polar surface area (TPSA) is 49.7 Å². The predicted molar refractivity (Wildman–Crippen MR) is 94.4 cm³/mol. The largest absolute Gasteiger partial charge is 0.392 e. The van der Waals surface area contributed by atoms with Crippen molar-refractivity contribution in [2.45, 2.75) is 71.7 Å². The Labute approximate surface area is 145 Å². The van der Waals surface area contributed by atoms with Crippen LogP contribution in [-0.2, 0) is 4.74 Å². The monoisotopic (exact) mass is 332 g/mol. The summed E-state index contributed by atoms with van der Waals surface area (Å²) in [5.41, 5.74) is 1.36. The van der Waals surface area contributed by atoms with Crippen LogP contribution < -0.4 is 0 Å². The summed E-state index contributed by atoms with van der Waals surface area (Å²) in [6.45, 7) is 11.7. The van der Waals surface area contributed by atoms with Gasteiger partial charge in [0.1, 0.15) is 0 Å². The Morgan fingerprint density at radius 1 is 1.25 bits per heavy atom. The highest BCUT2D eigenvalue weighted by Crippen LogP contribution is 2.61. The summed E-state index contributed by atoms with van der Waals surface area (Å²) in [4.78, 5) is 0. The lowest BCUT2D eigenvalue weighted by atomic mass is 9.48. The van der Waals surface area contributed by atoms with Crippen molar-refractivity contribution in [3.8, 4) is 0 Å². The fourth-order valence-corrected chi connectivity index (χ4v) is 6.44. The zero-order valence-corrected chi connectivity index (χ0v) is 15.7. The van der Waals surface area contributed by atoms with Crippen LogP contribution in [0.25, 0.3) is 0 Å². The van der Waals surface area contributed by atoms with E-state index in [1.54, 1.807) is 0 Å². The average molecular weight is 332 g/mol. The van der Waals surface area contributed by atoms with Gasteiger partial charge in [-0.1, -0.05) is 51.0 Å². The molecule has 0 radical (unpaired) electrons. The molecule has 4 rings (SSSR count). The first-order valence-corrected chi connectivity index (χ1v) is 9.53. The standard InChI is InChI=1S/C21H32O3/c1-12-6-9-21(23)10-15-14-11-24-16(14)7-8-20(15,5)18(22)13(2)17(12)19(21,3)4/h7-8,13-16,18,22-23H,6,9-11H2,1-5H3/t13?,14-,15?,16?,18+,20+,21+/m0/s1. The highest BCUT2D eigenvalue weighted by Gasteiger charge is 2.61. The molecule has 134 valence electrons. The summed E-state index contributed by atoms with van der Waals surface area (Å²) in [7, 11) is 0. The van der Waals surface area contributed by atoms with E-state index < -0.39 is 11.7 Å². The number of aliphatic hydroxyl groups excluding tert-OH is 1. The molecule has 0 aromatic rings. The Bertz CT molecular complexity index is 619. The van der Waals surface area contributed by atoms with E-state index in [1.165, 1.54) is 11.1 Å². The van der Waals surface area contributed by atoms with Crippen LogP contribution in [0.4, 0.5) is 0 Å². The van der Waals surface area contributed by atoms with Gasteiger partial charge in [-0.05, 0) is 32.1 Å². The van der Waals surface area contributed by atoms with Gasteiger partial charge in [0.25, 0.3) is 0 Å². The molecule has 3 nitrogen and oxygen atoms in total. The maximum atomic E-state index is 11.8. The zero-order valence-electron chi connectivity index (χ0n) is 15.7. The van der Waals surface area contributed by atoms with Gasteiger partial charge >= 0.3 is 0 Å². The smallest absolute Gasteiger partial charge is 0.0809 e. The average Bonchev–Trinajstić information content (AvgIpc) is 2.47. The maximum absolute atomic E-state index is 11.8. The van der Waals surface area contributed by atoms with E-state index in [-0.39, 0.29) is 28.8 Å². The second-order valence-corrected chi connectivity index (χ2v) is 9.58. The minimum Gasteiger partial charge on any atom is -0.392 e. The summed E-state index contributed by atoms with van der Waals surface area (Å²) < 4.78 is 5.71. The quantitative estimate of drug-likeness (QED) is 0.668. The number of hydrogen-bond donors (Lipinski definition) is 2. The van der Waals surface area contributed by atoms with E-state index in [0.29, 0.717) is 5.92 Å². The van der Waals surface area contributed by atoms with Crippen molar-refractivity contribution in [2.24, 2.45) is 28.6 Å². The summed E-state index contributed by atoms with van der Waals surface area (Å²) in [5.74, 6) is 0.750. The lowest BCUT2D eigenvalue weighted by Crippen LogP contribution is -2.62. The van der Waals surface area contributed by atoms with Crippen molar-refractivity contribution < 1.29 is 14.9 Å². The molecule has 7 atom stereocenters. The molecule has 3 aliphatic carbocycles. The van der Waals surface area contributed by atoms with Crippen LogP contribution in [0.1, 0.15) is 53.9 Å². The van der Waals surface area contributed by atoms with Gasteiger partial charge in [0, 0.05) is 22.7 Å². The Morgan fingerprint density at radius 3 is 2.58 bits per heavy atom. The van der Waals surface area contributed by atoms with Gasteiger partial charge in [-0.25, -0.2) is 0 Å². The first-order chi connectivity index (χ1) is 11.1. The molecule has 0 amide bonds. The van der Waals surface area contributed by atoms with Crippen molar-refractivity contribution in [2.75, 3.05) is 6.61 Å². The first kappa shape index (κ1) is 16.8. The summed E-state index contributed by atoms with van der Waals surface area (Å²) in [6, 6.07) is 0. The molecule has 1 aliphatic heterocycles. The first-order valence-electron chi connectivity index (χ1n) is 9.53. The van der Waals surface area contributed by atoms with E-state index >= 15 is 0 Å². The second kappa shape index (κ2) is 4.96. The fourth-order valence-electron chi connectivity index (χ4n) is 6.44. The normalized spacial score (nSPS) is 52.7. The Kier molecular flexibility index (Phi) is 3.47. The minimum atomic E-state index is -0.701. The molecule has 2 bridgehead atoms. The van der Waals surface area contributed by atoms with Crippen LogP contribution in [0.3, 0.4) is 0 Å². The Balaban J connectivity index is 1.89. The number of allylic oxidation sites excluding steroid dienone is 1. The molecule has 1 saturated carbocycles. The molecular formula is C21H32O3. The van der Waals surface area contributed by atoms with Crippen LogP contribution in [0.2, 0.25) is 0 Å². The molecule has 3 heteroatoms. The van der Waals surface area contributed by atoms with E-state index in [0.717, 1.165) is 25.9 Å². The number of fused-ring (bicyclic) bond motifs is 5. The summed E-state index contributed by atoms with van der Waals surface area (Å²) in [5, 5.41) is 23.2. The van der Waals surface area contributed by atoms with Crippen LogP contribution in [0.15, 0.2) is 23.3 Å². The van der Waals surface area contributed by atoms with Crippen molar-refractivity contribution in [3.63, 3.8) is 0 Å². The van der Waals surface area contributed by atoms with E-state index in [1.807, 2.05) is 0 Å². The fraction of sp³-hybridized carbons (Fsp3) is 0.810. The number of ether oxygens (including phenoxy) is 1. The van der Waals surface area contributed by atoms with Crippen LogP contribution >= 0.6 is 0 Å². The third kappa shape index (κ3) is 1.89. The Hall–Kier alpha value is -0.640. The lowest BCUT2D eigenvalue weighted by molar-refractivity contribution is -0.193. The second-order valence-electron chi connectivity index (χ2n) is 9.58. The van der Waals surface area contributed by atoms with Gasteiger partial charge in [-0.3, -0.25) is 0 Å². The number of aliphatic hydroxyl groups is 2. The van der Waals surface area contributed by atoms with E-state index in [4.69, 9.17) is 4.74 Å². The zero-order chi connectivity index (χ0) is 17.5. The number of rotatable bonds is 0. The van der Waals surface area contributed by atoms with Gasteiger partial charge in [0.2, 0.25) is 0 Å². The van der Waals surface area contributed by atoms with Crippen molar-refractivity contribution in [1.82, 2.24) is 0 Å². The lowest BCUT2D eigenvalue weighted by Gasteiger charge is -2.61. The molecule has 2 N–H and O–H groups in total. The molecule has 2 fully saturated rings. The molecule has 0 aromatic heterocycles. The molecule has 4 aliphatic rings. The SMILES string of the molecule is CC1=C2C(C)[C@@H](O)[C@]3(C)C=CC4OC[C@H]4C3C[C@](O)(CC1)C2(C)C. The van der Waals surface area contributed by atoms with E-state index in [9.17, 15) is 10.2 Å². The summed E-state index contributed by atoms with van der Waals surface area (Å²) >= 11 is 0. The molecule has 1 heterocycles. The van der Waals surface area contributed by atoms with Gasteiger partial charge in [0.15, 0.2) is 0 Å².